The molecule has 2 heteroatoms. The predicted molar refractivity (Wildman–Crippen MR) is 54.6 cm³/mol. The highest BCUT2D eigenvalue weighted by molar-refractivity contribution is 5.80. The van der Waals surface area contributed by atoms with E-state index >= 15 is 0 Å². The molecule has 0 atom stereocenters. The Kier molecular flexibility index (Phi) is 8.00. The Bertz CT molecular complexity index is 126. The Morgan fingerprint density at radius 3 is 2.08 bits per heavy atom. The maximum atomic E-state index is 11.2. The smallest absolute Gasteiger partial charge is 0.135 e. The largest absolute Gasteiger partial charge is 0.397 e. The molecule has 0 amide bonds. The van der Waals surface area contributed by atoms with Crippen molar-refractivity contribution in [2.45, 2.75) is 52.4 Å². The Balaban J connectivity index is 0.000000424. The van der Waals surface area contributed by atoms with Crippen molar-refractivity contribution in [2.75, 3.05) is 6.61 Å². The first kappa shape index (κ1) is 12.6. The van der Waals surface area contributed by atoms with Gasteiger partial charge in [0.05, 0.1) is 0 Å². The van der Waals surface area contributed by atoms with Crippen LogP contribution in [0.3, 0.4) is 0 Å². The minimum Gasteiger partial charge on any atom is -0.397 e. The number of ketones is 1. The van der Waals surface area contributed by atoms with E-state index in [-0.39, 0.29) is 6.61 Å². The zero-order valence-corrected chi connectivity index (χ0v) is 8.88. The van der Waals surface area contributed by atoms with Crippen LogP contribution in [0.5, 0.6) is 0 Å². The van der Waals surface area contributed by atoms with Crippen LogP contribution in [0.2, 0.25) is 0 Å². The summed E-state index contributed by atoms with van der Waals surface area (Å²) >= 11 is 0. The van der Waals surface area contributed by atoms with E-state index in [0.717, 1.165) is 19.3 Å². The first-order valence-electron chi connectivity index (χ1n) is 5.39. The molecule has 0 heterocycles. The third-order valence-corrected chi connectivity index (χ3v) is 2.41. The van der Waals surface area contributed by atoms with E-state index in [2.05, 4.69) is 0 Å². The Hall–Kier alpha value is -0.370. The zero-order chi connectivity index (χ0) is 10.1. The second kappa shape index (κ2) is 8.24. The van der Waals surface area contributed by atoms with E-state index < -0.39 is 0 Å². The maximum absolute atomic E-state index is 11.2. The highest BCUT2D eigenvalue weighted by Crippen LogP contribution is 2.24. The molecule has 1 saturated carbocycles. The molecular weight excluding hydrogens is 164 g/mol. The molecule has 1 aliphatic rings. The number of carbonyl (C=O) groups excluding carboxylic acids is 1. The molecule has 1 fully saturated rings. The van der Waals surface area contributed by atoms with E-state index in [1.54, 1.807) is 6.92 Å². The first-order valence-corrected chi connectivity index (χ1v) is 5.39. The summed E-state index contributed by atoms with van der Waals surface area (Å²) < 4.78 is 0. The number of carbonyl (C=O) groups is 1. The third kappa shape index (κ3) is 5.81. The lowest BCUT2D eigenvalue weighted by molar-refractivity contribution is -0.123. The Labute approximate surface area is 81.3 Å². The molecular formula is C11H22O2. The van der Waals surface area contributed by atoms with Crippen LogP contribution >= 0.6 is 0 Å². The molecule has 0 aromatic carbocycles. The molecule has 78 valence electrons. The molecule has 0 aromatic heterocycles. The van der Waals surface area contributed by atoms with Crippen molar-refractivity contribution in [1.82, 2.24) is 0 Å². The fourth-order valence-corrected chi connectivity index (χ4v) is 1.71. The van der Waals surface area contributed by atoms with Gasteiger partial charge in [0.25, 0.3) is 0 Å². The minimum atomic E-state index is 0.250. The van der Waals surface area contributed by atoms with E-state index in [4.69, 9.17) is 5.11 Å². The Morgan fingerprint density at radius 2 is 1.69 bits per heavy atom. The van der Waals surface area contributed by atoms with Crippen molar-refractivity contribution in [3.8, 4) is 0 Å². The number of aliphatic hydroxyl groups excluding tert-OH is 1. The van der Waals surface area contributed by atoms with Crippen LogP contribution in [0.25, 0.3) is 0 Å². The van der Waals surface area contributed by atoms with Gasteiger partial charge < -0.3 is 5.11 Å². The molecule has 0 saturated heterocycles. The van der Waals surface area contributed by atoms with E-state index in [1.807, 2.05) is 6.92 Å². The third-order valence-electron chi connectivity index (χ3n) is 2.41. The summed E-state index contributed by atoms with van der Waals surface area (Å²) in [5.41, 5.74) is 0. The van der Waals surface area contributed by atoms with Gasteiger partial charge in [0.15, 0.2) is 0 Å². The average Bonchev–Trinajstić information content (AvgIpc) is 2.19. The van der Waals surface area contributed by atoms with Gasteiger partial charge in [-0.25, -0.2) is 0 Å². The fraction of sp³-hybridized carbons (Fsp3) is 0.909. The van der Waals surface area contributed by atoms with Crippen molar-refractivity contribution < 1.29 is 9.90 Å². The van der Waals surface area contributed by atoms with Crippen LogP contribution in [0.15, 0.2) is 0 Å². The van der Waals surface area contributed by atoms with Crippen LogP contribution < -0.4 is 0 Å². The lowest BCUT2D eigenvalue weighted by Crippen LogP contribution is -2.16. The second-order valence-electron chi connectivity index (χ2n) is 3.47. The maximum Gasteiger partial charge on any atom is 0.135 e. The number of aliphatic hydroxyl groups is 1. The van der Waals surface area contributed by atoms with Gasteiger partial charge in [-0.2, -0.15) is 0 Å². The van der Waals surface area contributed by atoms with Crippen LogP contribution in [-0.4, -0.2) is 17.5 Å². The van der Waals surface area contributed by atoms with Crippen molar-refractivity contribution in [3.63, 3.8) is 0 Å². The average molecular weight is 186 g/mol. The topological polar surface area (TPSA) is 37.3 Å². The fourth-order valence-electron chi connectivity index (χ4n) is 1.71. The standard InChI is InChI=1S/C9H16O.C2H6O/c1-2-9(10)8-6-4-3-5-7-8;1-2-3/h8H,2-7H2,1H3;3H,2H2,1H3. The number of hydrogen-bond acceptors (Lipinski definition) is 2. The molecule has 0 spiro atoms. The summed E-state index contributed by atoms with van der Waals surface area (Å²) in [5.74, 6) is 0.915. The van der Waals surface area contributed by atoms with Crippen LogP contribution in [0.4, 0.5) is 0 Å². The highest BCUT2D eigenvalue weighted by Gasteiger charge is 2.18. The summed E-state index contributed by atoms with van der Waals surface area (Å²) in [4.78, 5) is 11.2. The molecule has 0 aromatic rings. The first-order chi connectivity index (χ1) is 6.26. The summed E-state index contributed by atoms with van der Waals surface area (Å²) in [5, 5.41) is 7.57. The highest BCUT2D eigenvalue weighted by atomic mass is 16.2. The van der Waals surface area contributed by atoms with Gasteiger partial charge in [-0.15, -0.1) is 0 Å². The lowest BCUT2D eigenvalue weighted by Gasteiger charge is -2.19. The van der Waals surface area contributed by atoms with E-state index in [1.165, 1.54) is 19.3 Å². The normalized spacial score (nSPS) is 17.5. The molecule has 1 rings (SSSR count). The SMILES string of the molecule is CCC(=O)C1CCCCC1.CCO. The molecule has 1 N–H and O–H groups in total. The molecule has 0 unspecified atom stereocenters. The van der Waals surface area contributed by atoms with Crippen molar-refractivity contribution in [1.29, 1.82) is 0 Å². The van der Waals surface area contributed by atoms with E-state index in [0.29, 0.717) is 11.7 Å². The summed E-state index contributed by atoms with van der Waals surface area (Å²) in [7, 11) is 0. The van der Waals surface area contributed by atoms with Gasteiger partial charge in [0.1, 0.15) is 5.78 Å². The van der Waals surface area contributed by atoms with Gasteiger partial charge in [0.2, 0.25) is 0 Å². The molecule has 0 aliphatic heterocycles. The monoisotopic (exact) mass is 186 g/mol. The van der Waals surface area contributed by atoms with Crippen molar-refractivity contribution in [2.24, 2.45) is 5.92 Å². The number of Topliss-reactive ketones (excluding diaryl/α,β-unsaturated/α-hetero) is 1. The number of rotatable bonds is 2. The zero-order valence-electron chi connectivity index (χ0n) is 8.88. The molecule has 0 radical (unpaired) electrons. The molecule has 1 aliphatic carbocycles. The Morgan fingerprint density at radius 1 is 1.23 bits per heavy atom. The second-order valence-corrected chi connectivity index (χ2v) is 3.47. The predicted octanol–water partition coefficient (Wildman–Crippen LogP) is 2.54. The quantitative estimate of drug-likeness (QED) is 0.719. The van der Waals surface area contributed by atoms with Gasteiger partial charge in [-0.05, 0) is 19.8 Å². The minimum absolute atomic E-state index is 0.250. The van der Waals surface area contributed by atoms with Crippen LogP contribution in [-0.2, 0) is 4.79 Å². The lowest BCUT2D eigenvalue weighted by atomic mass is 9.85. The number of hydrogen-bond donors (Lipinski definition) is 1. The summed E-state index contributed by atoms with van der Waals surface area (Å²) in [6.45, 7) is 3.90. The van der Waals surface area contributed by atoms with Gasteiger partial charge in [-0.3, -0.25) is 4.79 Å². The van der Waals surface area contributed by atoms with Crippen LogP contribution in [0.1, 0.15) is 52.4 Å². The summed E-state index contributed by atoms with van der Waals surface area (Å²) in [6, 6.07) is 0. The van der Waals surface area contributed by atoms with Gasteiger partial charge in [-0.1, -0.05) is 26.2 Å². The van der Waals surface area contributed by atoms with Gasteiger partial charge in [0, 0.05) is 18.9 Å². The molecule has 13 heavy (non-hydrogen) atoms. The van der Waals surface area contributed by atoms with E-state index in [9.17, 15) is 4.79 Å². The van der Waals surface area contributed by atoms with Crippen molar-refractivity contribution >= 4 is 5.78 Å². The van der Waals surface area contributed by atoms with Crippen molar-refractivity contribution in [3.05, 3.63) is 0 Å². The van der Waals surface area contributed by atoms with Gasteiger partial charge >= 0.3 is 0 Å². The van der Waals surface area contributed by atoms with Crippen LogP contribution in [0, 0.1) is 5.92 Å². The molecule has 2 nitrogen and oxygen atoms in total. The summed E-state index contributed by atoms with van der Waals surface area (Å²) in [6.07, 6.45) is 6.95. The molecule has 0 bridgehead atoms.